The molecule has 0 spiro atoms. The van der Waals surface area contributed by atoms with E-state index < -0.39 is 0 Å². The van der Waals surface area contributed by atoms with Gasteiger partial charge in [-0.2, -0.15) is 0 Å². The molecule has 1 N–H and O–H groups in total. The molecule has 1 heterocycles. The summed E-state index contributed by atoms with van der Waals surface area (Å²) in [5, 5.41) is 18.3. The van der Waals surface area contributed by atoms with Gasteiger partial charge in [0.1, 0.15) is 0 Å². The van der Waals surface area contributed by atoms with Crippen molar-refractivity contribution in [3.63, 3.8) is 0 Å². The number of rotatable bonds is 0. The van der Waals surface area contributed by atoms with E-state index in [0.717, 1.165) is 17.9 Å². The number of hydrogen-bond donors (Lipinski definition) is 1. The Morgan fingerprint density at radius 1 is 1.50 bits per heavy atom. The van der Waals surface area contributed by atoms with Crippen LogP contribution in [0.25, 0.3) is 0 Å². The van der Waals surface area contributed by atoms with Crippen LogP contribution in [0.15, 0.2) is 0 Å². The lowest BCUT2D eigenvalue weighted by atomic mass is 10.1. The first-order chi connectivity index (χ1) is 3.80. The summed E-state index contributed by atoms with van der Waals surface area (Å²) in [4.78, 5) is 0. The van der Waals surface area contributed by atoms with Crippen molar-refractivity contribution in [3.05, 3.63) is 5.21 Å². The van der Waals surface area contributed by atoms with E-state index in [-0.39, 0.29) is 5.84 Å². The summed E-state index contributed by atoms with van der Waals surface area (Å²) in [5.74, 6) is 0.247. The highest BCUT2D eigenvalue weighted by molar-refractivity contribution is 5.79. The minimum atomic E-state index is 0.247. The molecule has 0 radical (unpaired) electrons. The van der Waals surface area contributed by atoms with Gasteiger partial charge in [-0.3, -0.25) is 5.41 Å². The average molecular weight is 113 g/mol. The fraction of sp³-hybridized carbons (Fsp3) is 0.800. The Labute approximate surface area is 48.4 Å². The Balaban J connectivity index is 2.39. The SMILES string of the molecule is N=C1CCCCN1[O-]. The lowest BCUT2D eigenvalue weighted by Crippen LogP contribution is -2.28. The molecule has 0 unspecified atom stereocenters. The second kappa shape index (κ2) is 2.13. The third-order valence-corrected chi connectivity index (χ3v) is 1.33. The molecule has 1 aliphatic rings. The molecule has 0 aromatic heterocycles. The van der Waals surface area contributed by atoms with Crippen LogP contribution in [0.3, 0.4) is 0 Å². The highest BCUT2D eigenvalue weighted by atomic mass is 16.5. The van der Waals surface area contributed by atoms with Crippen molar-refractivity contribution >= 4 is 5.84 Å². The van der Waals surface area contributed by atoms with Gasteiger partial charge in [0.05, 0.1) is 5.84 Å². The molecule has 0 amide bonds. The molecule has 1 rings (SSSR count). The van der Waals surface area contributed by atoms with E-state index >= 15 is 0 Å². The zero-order valence-electron chi connectivity index (χ0n) is 4.68. The average Bonchev–Trinajstić information content (AvgIpc) is 1.77. The number of amidine groups is 1. The maximum Gasteiger partial charge on any atom is 0.0850 e. The molecule has 3 nitrogen and oxygen atoms in total. The van der Waals surface area contributed by atoms with Crippen LogP contribution in [0, 0.1) is 10.6 Å². The van der Waals surface area contributed by atoms with E-state index in [1.165, 1.54) is 0 Å². The van der Waals surface area contributed by atoms with E-state index in [1.807, 2.05) is 0 Å². The first-order valence-corrected chi connectivity index (χ1v) is 2.83. The summed E-state index contributed by atoms with van der Waals surface area (Å²) in [6.45, 7) is 0.527. The lowest BCUT2D eigenvalue weighted by molar-refractivity contribution is 0.469. The number of nitrogens with one attached hydrogen (secondary N) is 1. The summed E-state index contributed by atoms with van der Waals surface area (Å²) in [6, 6.07) is 0. The fourth-order valence-corrected chi connectivity index (χ4v) is 0.808. The van der Waals surface area contributed by atoms with E-state index in [4.69, 9.17) is 5.41 Å². The zero-order valence-corrected chi connectivity index (χ0v) is 4.68. The van der Waals surface area contributed by atoms with E-state index in [0.29, 0.717) is 13.0 Å². The highest BCUT2D eigenvalue weighted by Gasteiger charge is 2.04. The Morgan fingerprint density at radius 3 is 2.62 bits per heavy atom. The summed E-state index contributed by atoms with van der Waals surface area (Å²) < 4.78 is 0. The van der Waals surface area contributed by atoms with Crippen LogP contribution in [0.1, 0.15) is 19.3 Å². The Morgan fingerprint density at radius 2 is 2.25 bits per heavy atom. The van der Waals surface area contributed by atoms with Gasteiger partial charge in [0.15, 0.2) is 0 Å². The topological polar surface area (TPSA) is 50.2 Å². The van der Waals surface area contributed by atoms with Crippen LogP contribution in [0.2, 0.25) is 0 Å². The Bertz CT molecular complexity index is 103. The van der Waals surface area contributed by atoms with Crippen molar-refractivity contribution in [3.8, 4) is 0 Å². The predicted molar refractivity (Wildman–Crippen MR) is 31.7 cm³/mol. The summed E-state index contributed by atoms with van der Waals surface area (Å²) in [6.07, 6.45) is 2.63. The first kappa shape index (κ1) is 5.56. The largest absolute Gasteiger partial charge is 0.757 e. The summed E-state index contributed by atoms with van der Waals surface area (Å²) in [5.41, 5.74) is 0. The zero-order chi connectivity index (χ0) is 5.98. The first-order valence-electron chi connectivity index (χ1n) is 2.83. The number of nitrogens with zero attached hydrogens (tertiary/aromatic N) is 1. The molecule has 1 fully saturated rings. The lowest BCUT2D eigenvalue weighted by Gasteiger charge is -2.34. The van der Waals surface area contributed by atoms with Crippen LogP contribution in [0.5, 0.6) is 0 Å². The van der Waals surface area contributed by atoms with Gasteiger partial charge in [-0.25, -0.2) is 0 Å². The van der Waals surface area contributed by atoms with Crippen molar-refractivity contribution < 1.29 is 0 Å². The van der Waals surface area contributed by atoms with Crippen LogP contribution in [0.4, 0.5) is 0 Å². The Kier molecular flexibility index (Phi) is 1.48. The van der Waals surface area contributed by atoms with Crippen LogP contribution in [-0.2, 0) is 0 Å². The normalized spacial score (nSPS) is 21.6. The van der Waals surface area contributed by atoms with Crippen molar-refractivity contribution in [2.45, 2.75) is 19.3 Å². The molecule has 0 aliphatic carbocycles. The number of hydrogen-bond acceptors (Lipinski definition) is 2. The maximum absolute atomic E-state index is 10.5. The van der Waals surface area contributed by atoms with Gasteiger partial charge in [0.2, 0.25) is 0 Å². The Hall–Kier alpha value is -0.570. The second-order valence-corrected chi connectivity index (χ2v) is 2.01. The molecular formula is C5H9N2O-. The van der Waals surface area contributed by atoms with Crippen molar-refractivity contribution in [1.29, 1.82) is 5.41 Å². The van der Waals surface area contributed by atoms with Gasteiger partial charge >= 0.3 is 0 Å². The van der Waals surface area contributed by atoms with Crippen molar-refractivity contribution in [2.75, 3.05) is 6.54 Å². The van der Waals surface area contributed by atoms with Crippen molar-refractivity contribution in [1.82, 2.24) is 5.06 Å². The molecule has 0 bridgehead atoms. The van der Waals surface area contributed by atoms with E-state index in [9.17, 15) is 5.21 Å². The van der Waals surface area contributed by atoms with Crippen LogP contribution < -0.4 is 0 Å². The molecule has 46 valence electrons. The fourth-order valence-electron chi connectivity index (χ4n) is 0.808. The molecule has 0 saturated carbocycles. The van der Waals surface area contributed by atoms with Gasteiger partial charge in [-0.1, -0.05) is 0 Å². The van der Waals surface area contributed by atoms with Gasteiger partial charge in [-0.15, -0.1) is 0 Å². The smallest absolute Gasteiger partial charge is 0.0850 e. The van der Waals surface area contributed by atoms with E-state index in [1.54, 1.807) is 0 Å². The minimum absolute atomic E-state index is 0.247. The third-order valence-electron chi connectivity index (χ3n) is 1.33. The molecule has 0 aromatic rings. The van der Waals surface area contributed by atoms with Gasteiger partial charge in [0, 0.05) is 13.0 Å². The summed E-state index contributed by atoms with van der Waals surface area (Å²) in [7, 11) is 0. The van der Waals surface area contributed by atoms with Gasteiger partial charge in [-0.05, 0) is 12.8 Å². The standard InChI is InChI=1S/C5H9N2O/c6-5-3-1-2-4-7(5)8/h6H,1-4H2/q-1. The van der Waals surface area contributed by atoms with E-state index in [2.05, 4.69) is 0 Å². The van der Waals surface area contributed by atoms with Gasteiger partial charge in [0.25, 0.3) is 0 Å². The second-order valence-electron chi connectivity index (χ2n) is 2.01. The maximum atomic E-state index is 10.5. The monoisotopic (exact) mass is 113 g/mol. The molecule has 1 aliphatic heterocycles. The van der Waals surface area contributed by atoms with Crippen LogP contribution >= 0.6 is 0 Å². The molecule has 1 saturated heterocycles. The predicted octanol–water partition coefficient (Wildman–Crippen LogP) is 0.947. The van der Waals surface area contributed by atoms with Crippen molar-refractivity contribution in [2.24, 2.45) is 0 Å². The third kappa shape index (κ3) is 0.980. The number of hydroxylamine groups is 2. The molecule has 0 aromatic carbocycles. The molecular weight excluding hydrogens is 104 g/mol. The highest BCUT2D eigenvalue weighted by Crippen LogP contribution is 2.07. The molecule has 0 atom stereocenters. The minimum Gasteiger partial charge on any atom is -0.757 e. The quantitative estimate of drug-likeness (QED) is 0.508. The van der Waals surface area contributed by atoms with Crippen LogP contribution in [-0.4, -0.2) is 17.4 Å². The number of piperidine rings is 1. The molecule has 3 heteroatoms. The van der Waals surface area contributed by atoms with Gasteiger partial charge < -0.3 is 10.3 Å². The molecule has 8 heavy (non-hydrogen) atoms. The summed E-state index contributed by atoms with van der Waals surface area (Å²) >= 11 is 0.